The minimum absolute atomic E-state index is 0.0256. The van der Waals surface area contributed by atoms with Gasteiger partial charge in [-0.15, -0.1) is 0 Å². The predicted molar refractivity (Wildman–Crippen MR) is 68.8 cm³/mol. The van der Waals surface area contributed by atoms with E-state index in [0.717, 1.165) is 0 Å². The van der Waals surface area contributed by atoms with Crippen LogP contribution < -0.4 is 4.90 Å². The normalized spacial score (nSPS) is 29.0. The lowest BCUT2D eigenvalue weighted by Gasteiger charge is -2.33. The molecule has 0 aromatic carbocycles. The maximum Gasteiger partial charge on any atom is 0.416 e. The number of rotatable bonds is 2. The number of nitrogens with zero attached hydrogens (tertiary/aromatic N) is 3. The molecule has 0 amide bonds. The van der Waals surface area contributed by atoms with Gasteiger partial charge in [0.15, 0.2) is 11.8 Å². The molecule has 1 N–H and O–H groups in total. The number of pyridine rings is 1. The second kappa shape index (κ2) is 4.75. The van der Waals surface area contributed by atoms with Crippen molar-refractivity contribution in [2.45, 2.75) is 24.7 Å². The Kier molecular flexibility index (Phi) is 3.26. The molecule has 0 spiro atoms. The van der Waals surface area contributed by atoms with Gasteiger partial charge in [-0.25, -0.2) is 4.98 Å². The third kappa shape index (κ3) is 2.43. The molecule has 112 valence electrons. The van der Waals surface area contributed by atoms with Crippen LogP contribution in [0.1, 0.15) is 12.1 Å². The zero-order chi connectivity index (χ0) is 15.4. The monoisotopic (exact) mass is 317 g/mol. The number of nitriles is 1. The van der Waals surface area contributed by atoms with Crippen molar-refractivity contribution >= 4 is 17.3 Å². The fourth-order valence-electron chi connectivity index (χ4n) is 3.05. The van der Waals surface area contributed by atoms with Gasteiger partial charge in [0.1, 0.15) is 6.07 Å². The number of hydrogen-bond acceptors (Lipinski definition) is 4. The van der Waals surface area contributed by atoms with Crippen molar-refractivity contribution in [3.63, 3.8) is 0 Å². The quantitative estimate of drug-likeness (QED) is 0.909. The predicted octanol–water partition coefficient (Wildman–Crippen LogP) is 2.35. The van der Waals surface area contributed by atoms with E-state index in [9.17, 15) is 18.3 Å². The van der Waals surface area contributed by atoms with E-state index in [1.807, 2.05) is 0 Å². The molecule has 2 fully saturated rings. The lowest BCUT2D eigenvalue weighted by molar-refractivity contribution is -0.210. The van der Waals surface area contributed by atoms with E-state index in [1.54, 1.807) is 6.07 Å². The first-order valence-corrected chi connectivity index (χ1v) is 6.77. The van der Waals surface area contributed by atoms with Crippen molar-refractivity contribution in [3.05, 3.63) is 23.0 Å². The molecular weight excluding hydrogens is 307 g/mol. The summed E-state index contributed by atoms with van der Waals surface area (Å²) in [4.78, 5) is 5.34. The molecule has 8 heteroatoms. The molecule has 1 saturated carbocycles. The van der Waals surface area contributed by atoms with E-state index >= 15 is 0 Å². The molecule has 0 bridgehead atoms. The molecule has 0 radical (unpaired) electrons. The van der Waals surface area contributed by atoms with Gasteiger partial charge in [0, 0.05) is 6.54 Å². The Bertz CT molecular complexity index is 616. The summed E-state index contributed by atoms with van der Waals surface area (Å²) in [6, 6.07) is 2.21. The highest BCUT2D eigenvalue weighted by molar-refractivity contribution is 6.31. The van der Waals surface area contributed by atoms with Gasteiger partial charge in [-0.3, -0.25) is 0 Å². The van der Waals surface area contributed by atoms with Crippen LogP contribution in [0, 0.1) is 23.2 Å². The van der Waals surface area contributed by atoms with Crippen LogP contribution in [0.15, 0.2) is 12.3 Å². The Hall–Kier alpha value is -1.52. The number of hydrogen-bond donors (Lipinski definition) is 1. The third-order valence-electron chi connectivity index (χ3n) is 4.13. The van der Waals surface area contributed by atoms with Gasteiger partial charge < -0.3 is 10.0 Å². The number of aromatic nitrogens is 1. The summed E-state index contributed by atoms with van der Waals surface area (Å²) < 4.78 is 38.5. The number of aliphatic hydroxyl groups excluding tert-OH is 1. The van der Waals surface area contributed by atoms with Gasteiger partial charge in [0.05, 0.1) is 22.9 Å². The van der Waals surface area contributed by atoms with E-state index in [0.29, 0.717) is 18.7 Å². The maximum absolute atomic E-state index is 12.8. The van der Waals surface area contributed by atoms with Crippen molar-refractivity contribution in [3.8, 4) is 6.07 Å². The fraction of sp³-hybridized carbons (Fsp3) is 0.538. The van der Waals surface area contributed by atoms with E-state index in [-0.39, 0.29) is 22.6 Å². The van der Waals surface area contributed by atoms with Crippen LogP contribution in [0.2, 0.25) is 5.02 Å². The topological polar surface area (TPSA) is 60.2 Å². The summed E-state index contributed by atoms with van der Waals surface area (Å²) in [6.07, 6.45) is -5.04. The number of aliphatic hydroxyl groups is 1. The summed E-state index contributed by atoms with van der Waals surface area (Å²) in [7, 11) is 0. The lowest BCUT2D eigenvalue weighted by Crippen LogP contribution is -2.49. The van der Waals surface area contributed by atoms with Crippen LogP contribution >= 0.6 is 11.6 Å². The number of alkyl halides is 3. The first kappa shape index (κ1) is 14.4. The van der Waals surface area contributed by atoms with Crippen LogP contribution in [0.25, 0.3) is 0 Å². The van der Waals surface area contributed by atoms with Gasteiger partial charge in [0.25, 0.3) is 0 Å². The van der Waals surface area contributed by atoms with Crippen LogP contribution in [-0.4, -0.2) is 35.0 Å². The molecule has 4 nitrogen and oxygen atoms in total. The summed E-state index contributed by atoms with van der Waals surface area (Å²) in [6.45, 7) is 0.437. The second-order valence-electron chi connectivity index (χ2n) is 5.42. The Morgan fingerprint density at radius 2 is 2.24 bits per heavy atom. The third-order valence-corrected chi connectivity index (χ3v) is 4.42. The smallest absolute Gasteiger partial charge is 0.382 e. The standard InChI is InChI=1S/C13H11ClF3N3O/c14-9-2-7(4-19-10(9)3-18)20-5-6-1-8(6)11(20)12(21)13(15,16)17/h2,4,6,8,11-12,21H,1,5H2/t6-,8-,11+,12+/m0/s1. The van der Waals surface area contributed by atoms with Crippen LogP contribution in [-0.2, 0) is 0 Å². The largest absolute Gasteiger partial charge is 0.416 e. The molecular formula is C13H11ClF3N3O. The van der Waals surface area contributed by atoms with Crippen molar-refractivity contribution in [1.82, 2.24) is 4.98 Å². The fourth-order valence-corrected chi connectivity index (χ4v) is 3.25. The number of piperidine rings is 1. The highest BCUT2D eigenvalue weighted by Crippen LogP contribution is 2.53. The zero-order valence-electron chi connectivity index (χ0n) is 10.7. The van der Waals surface area contributed by atoms with Gasteiger partial charge in [-0.05, 0) is 24.3 Å². The van der Waals surface area contributed by atoms with Crippen LogP contribution in [0.5, 0.6) is 0 Å². The Labute approximate surface area is 123 Å². The first-order valence-electron chi connectivity index (χ1n) is 6.40. The van der Waals surface area contributed by atoms with Crippen LogP contribution in [0.3, 0.4) is 0 Å². The molecule has 1 saturated heterocycles. The molecule has 2 aliphatic rings. The van der Waals surface area contributed by atoms with E-state index < -0.39 is 18.3 Å². The zero-order valence-corrected chi connectivity index (χ0v) is 11.4. The van der Waals surface area contributed by atoms with Crippen molar-refractivity contribution in [2.75, 3.05) is 11.4 Å². The van der Waals surface area contributed by atoms with E-state index in [1.165, 1.54) is 17.2 Å². The first-order chi connectivity index (χ1) is 9.82. The molecule has 1 aromatic rings. The molecule has 0 unspecified atom stereocenters. The second-order valence-corrected chi connectivity index (χ2v) is 5.83. The minimum atomic E-state index is -4.66. The summed E-state index contributed by atoms with van der Waals surface area (Å²) in [5.74, 6) is 0.0115. The molecule has 1 aromatic heterocycles. The number of fused-ring (bicyclic) bond motifs is 1. The minimum Gasteiger partial charge on any atom is -0.382 e. The van der Waals surface area contributed by atoms with Gasteiger partial charge in [-0.1, -0.05) is 11.6 Å². The van der Waals surface area contributed by atoms with Gasteiger partial charge in [0.2, 0.25) is 0 Å². The van der Waals surface area contributed by atoms with Crippen molar-refractivity contribution in [1.29, 1.82) is 5.26 Å². The SMILES string of the molecule is N#Cc1ncc(N2C[C@@H]3C[C@@H]3[C@@H]2[C@@H](O)C(F)(F)F)cc1Cl. The van der Waals surface area contributed by atoms with E-state index in [4.69, 9.17) is 16.9 Å². The number of anilines is 1. The molecule has 3 rings (SSSR count). The maximum atomic E-state index is 12.8. The molecule has 4 atom stereocenters. The molecule has 21 heavy (non-hydrogen) atoms. The average Bonchev–Trinajstić information content (AvgIpc) is 3.08. The summed E-state index contributed by atoms with van der Waals surface area (Å²) in [5.41, 5.74) is 0.428. The van der Waals surface area contributed by atoms with Crippen molar-refractivity contribution < 1.29 is 18.3 Å². The summed E-state index contributed by atoms with van der Waals surface area (Å²) >= 11 is 5.88. The highest BCUT2D eigenvalue weighted by atomic mass is 35.5. The highest BCUT2D eigenvalue weighted by Gasteiger charge is 2.60. The Balaban J connectivity index is 1.91. The van der Waals surface area contributed by atoms with Gasteiger partial charge >= 0.3 is 6.18 Å². The van der Waals surface area contributed by atoms with Crippen LogP contribution in [0.4, 0.5) is 18.9 Å². The van der Waals surface area contributed by atoms with E-state index in [2.05, 4.69) is 4.98 Å². The molecule has 1 aliphatic heterocycles. The molecule has 1 aliphatic carbocycles. The lowest BCUT2D eigenvalue weighted by atomic mass is 10.1. The molecule has 2 heterocycles. The Morgan fingerprint density at radius 3 is 2.81 bits per heavy atom. The number of halogens is 4. The summed E-state index contributed by atoms with van der Waals surface area (Å²) in [5, 5.41) is 18.5. The van der Waals surface area contributed by atoms with Crippen molar-refractivity contribution in [2.24, 2.45) is 11.8 Å². The average molecular weight is 318 g/mol. The Morgan fingerprint density at radius 1 is 1.52 bits per heavy atom. The van der Waals surface area contributed by atoms with Gasteiger partial charge in [-0.2, -0.15) is 18.4 Å².